The lowest BCUT2D eigenvalue weighted by Crippen LogP contribution is -2.54. The molecule has 0 spiro atoms. The van der Waals surface area contributed by atoms with Gasteiger partial charge in [0.05, 0.1) is 18.8 Å². The molecule has 0 radical (unpaired) electrons. The maximum Gasteiger partial charge on any atom is 0.182 e. The van der Waals surface area contributed by atoms with E-state index in [0.29, 0.717) is 13.2 Å². The number of aliphatic hydroxyl groups excluding tert-OH is 1. The first-order chi connectivity index (χ1) is 10.6. The lowest BCUT2D eigenvalue weighted by molar-refractivity contribution is -0.00430. The summed E-state index contributed by atoms with van der Waals surface area (Å²) < 4.78 is 5.37. The SMILES string of the molecule is CC(C)(C(=O)c1ccc(SCCCO)cc1)N1CCOCC1. The standard InChI is InChI=1S/C17H25NO3S/c1-17(2,18-8-11-21-12-9-18)16(20)14-4-6-15(7-5-14)22-13-3-10-19/h4-7,19H,3,8-13H2,1-2H3. The second kappa shape index (κ2) is 8.11. The Bertz CT molecular complexity index is 481. The number of rotatable bonds is 7. The minimum Gasteiger partial charge on any atom is -0.396 e. The lowest BCUT2D eigenvalue weighted by Gasteiger charge is -2.39. The van der Waals surface area contributed by atoms with Crippen LogP contribution in [0.4, 0.5) is 0 Å². The molecule has 0 amide bonds. The Morgan fingerprint density at radius 2 is 1.91 bits per heavy atom. The molecule has 0 atom stereocenters. The Balaban J connectivity index is 2.01. The van der Waals surface area contributed by atoms with E-state index in [-0.39, 0.29) is 12.4 Å². The molecule has 0 aromatic heterocycles. The third-order valence-corrected chi connectivity index (χ3v) is 5.14. The maximum atomic E-state index is 12.8. The highest BCUT2D eigenvalue weighted by Gasteiger charge is 2.35. The van der Waals surface area contributed by atoms with Gasteiger partial charge in [-0.3, -0.25) is 9.69 Å². The van der Waals surface area contributed by atoms with Crippen molar-refractivity contribution in [3.05, 3.63) is 29.8 Å². The zero-order chi connectivity index (χ0) is 16.0. The van der Waals surface area contributed by atoms with E-state index in [9.17, 15) is 4.79 Å². The lowest BCUT2D eigenvalue weighted by atomic mass is 9.91. The molecule has 122 valence electrons. The van der Waals surface area contributed by atoms with Crippen molar-refractivity contribution in [2.45, 2.75) is 30.7 Å². The largest absolute Gasteiger partial charge is 0.396 e. The minimum atomic E-state index is -0.505. The monoisotopic (exact) mass is 323 g/mol. The number of carbonyl (C=O) groups is 1. The fraction of sp³-hybridized carbons (Fsp3) is 0.588. The maximum absolute atomic E-state index is 12.8. The zero-order valence-corrected chi connectivity index (χ0v) is 14.2. The molecule has 1 aliphatic rings. The Morgan fingerprint density at radius 3 is 2.50 bits per heavy atom. The summed E-state index contributed by atoms with van der Waals surface area (Å²) in [4.78, 5) is 16.1. The van der Waals surface area contributed by atoms with E-state index < -0.39 is 5.54 Å². The summed E-state index contributed by atoms with van der Waals surface area (Å²) in [7, 11) is 0. The van der Waals surface area contributed by atoms with E-state index >= 15 is 0 Å². The molecule has 1 aromatic rings. The van der Waals surface area contributed by atoms with E-state index in [1.165, 1.54) is 0 Å². The van der Waals surface area contributed by atoms with Crippen LogP contribution in [0.3, 0.4) is 0 Å². The van der Waals surface area contributed by atoms with Gasteiger partial charge in [-0.05, 0) is 32.4 Å². The molecule has 22 heavy (non-hydrogen) atoms. The molecule has 1 aromatic carbocycles. The number of morpholine rings is 1. The van der Waals surface area contributed by atoms with E-state index in [1.807, 2.05) is 38.1 Å². The number of hydrogen-bond acceptors (Lipinski definition) is 5. The summed E-state index contributed by atoms with van der Waals surface area (Å²) >= 11 is 1.70. The predicted molar refractivity (Wildman–Crippen MR) is 89.7 cm³/mol. The average molecular weight is 323 g/mol. The van der Waals surface area contributed by atoms with Gasteiger partial charge < -0.3 is 9.84 Å². The molecule has 1 N–H and O–H groups in total. The number of carbonyl (C=O) groups excluding carboxylic acids is 1. The number of benzene rings is 1. The molecular weight excluding hydrogens is 298 g/mol. The second-order valence-electron chi connectivity index (χ2n) is 5.94. The van der Waals surface area contributed by atoms with Crippen molar-refractivity contribution in [3.63, 3.8) is 0 Å². The molecule has 0 unspecified atom stereocenters. The minimum absolute atomic E-state index is 0.154. The predicted octanol–water partition coefficient (Wildman–Crippen LogP) is 2.45. The fourth-order valence-corrected chi connectivity index (χ4v) is 3.41. The summed E-state index contributed by atoms with van der Waals surface area (Å²) in [6, 6.07) is 7.80. The van der Waals surface area contributed by atoms with E-state index in [1.54, 1.807) is 11.8 Å². The van der Waals surface area contributed by atoms with Crippen LogP contribution in [0.2, 0.25) is 0 Å². The number of ether oxygens (including phenoxy) is 1. The molecule has 0 saturated carbocycles. The van der Waals surface area contributed by atoms with E-state index in [2.05, 4.69) is 4.90 Å². The van der Waals surface area contributed by atoms with Crippen LogP contribution in [0.25, 0.3) is 0 Å². The topological polar surface area (TPSA) is 49.8 Å². The molecular formula is C17H25NO3S. The average Bonchev–Trinajstić information content (AvgIpc) is 2.56. The van der Waals surface area contributed by atoms with Crippen molar-refractivity contribution in [2.75, 3.05) is 38.7 Å². The summed E-state index contributed by atoms with van der Waals surface area (Å²) in [6.45, 7) is 7.18. The number of ketones is 1. The number of hydrogen-bond donors (Lipinski definition) is 1. The van der Waals surface area contributed by atoms with Gasteiger partial charge in [0, 0.05) is 35.9 Å². The van der Waals surface area contributed by atoms with Crippen LogP contribution in [0.5, 0.6) is 0 Å². The molecule has 5 heteroatoms. The van der Waals surface area contributed by atoms with Crippen LogP contribution in [0.1, 0.15) is 30.6 Å². The summed E-state index contributed by atoms with van der Waals surface area (Å²) in [5, 5.41) is 8.80. The van der Waals surface area contributed by atoms with E-state index in [4.69, 9.17) is 9.84 Å². The van der Waals surface area contributed by atoms with Crippen molar-refractivity contribution in [2.24, 2.45) is 0 Å². The van der Waals surface area contributed by atoms with Crippen molar-refractivity contribution >= 4 is 17.5 Å². The molecule has 2 rings (SSSR count). The van der Waals surface area contributed by atoms with Crippen LogP contribution in [0.15, 0.2) is 29.2 Å². The van der Waals surface area contributed by atoms with Gasteiger partial charge in [-0.15, -0.1) is 11.8 Å². The molecule has 1 heterocycles. The first-order valence-electron chi connectivity index (χ1n) is 7.77. The Morgan fingerprint density at radius 1 is 1.27 bits per heavy atom. The van der Waals surface area contributed by atoms with Crippen LogP contribution in [-0.4, -0.2) is 60.0 Å². The van der Waals surface area contributed by atoms with Gasteiger partial charge in [-0.1, -0.05) is 12.1 Å². The summed E-state index contributed by atoms with van der Waals surface area (Å²) in [5.74, 6) is 1.05. The normalized spacial score (nSPS) is 16.7. The second-order valence-corrected chi connectivity index (χ2v) is 7.11. The quantitative estimate of drug-likeness (QED) is 0.474. The van der Waals surface area contributed by atoms with Crippen molar-refractivity contribution < 1.29 is 14.6 Å². The molecule has 0 bridgehead atoms. The third kappa shape index (κ3) is 4.32. The van der Waals surface area contributed by atoms with Gasteiger partial charge in [-0.25, -0.2) is 0 Å². The highest BCUT2D eigenvalue weighted by Crippen LogP contribution is 2.24. The van der Waals surface area contributed by atoms with Gasteiger partial charge in [0.1, 0.15) is 0 Å². The van der Waals surface area contributed by atoms with Crippen LogP contribution in [-0.2, 0) is 4.74 Å². The first kappa shape index (κ1) is 17.5. The Kier molecular flexibility index (Phi) is 6.44. The molecule has 1 fully saturated rings. The number of Topliss-reactive ketones (excluding diaryl/α,β-unsaturated/α-hetero) is 1. The van der Waals surface area contributed by atoms with Gasteiger partial charge in [0.15, 0.2) is 5.78 Å². The zero-order valence-electron chi connectivity index (χ0n) is 13.4. The number of aliphatic hydroxyl groups is 1. The first-order valence-corrected chi connectivity index (χ1v) is 8.75. The van der Waals surface area contributed by atoms with Crippen LogP contribution >= 0.6 is 11.8 Å². The van der Waals surface area contributed by atoms with Crippen molar-refractivity contribution in [3.8, 4) is 0 Å². The van der Waals surface area contributed by atoms with E-state index in [0.717, 1.165) is 35.7 Å². The molecule has 1 aliphatic heterocycles. The van der Waals surface area contributed by atoms with Gasteiger partial charge in [0.25, 0.3) is 0 Å². The smallest absolute Gasteiger partial charge is 0.182 e. The fourth-order valence-electron chi connectivity index (χ4n) is 2.58. The Labute approximate surface area is 136 Å². The number of thioether (sulfide) groups is 1. The summed E-state index contributed by atoms with van der Waals surface area (Å²) in [6.07, 6.45) is 0.787. The molecule has 1 saturated heterocycles. The van der Waals surface area contributed by atoms with Crippen LogP contribution in [0, 0.1) is 0 Å². The van der Waals surface area contributed by atoms with Crippen LogP contribution < -0.4 is 0 Å². The third-order valence-electron chi connectivity index (χ3n) is 4.05. The highest BCUT2D eigenvalue weighted by atomic mass is 32.2. The van der Waals surface area contributed by atoms with Gasteiger partial charge in [0.2, 0.25) is 0 Å². The van der Waals surface area contributed by atoms with Crippen molar-refractivity contribution in [1.29, 1.82) is 0 Å². The van der Waals surface area contributed by atoms with Crippen molar-refractivity contribution in [1.82, 2.24) is 4.90 Å². The summed E-state index contributed by atoms with van der Waals surface area (Å²) in [5.41, 5.74) is 0.248. The molecule has 4 nitrogen and oxygen atoms in total. The molecule has 0 aliphatic carbocycles. The van der Waals surface area contributed by atoms with Gasteiger partial charge >= 0.3 is 0 Å². The highest BCUT2D eigenvalue weighted by molar-refractivity contribution is 7.99. The number of nitrogens with zero attached hydrogens (tertiary/aromatic N) is 1. The van der Waals surface area contributed by atoms with Gasteiger partial charge in [-0.2, -0.15) is 0 Å². The Hall–Kier alpha value is -0.880.